The van der Waals surface area contributed by atoms with Crippen molar-refractivity contribution in [3.63, 3.8) is 0 Å². The third kappa shape index (κ3) is 13.9. The highest BCUT2D eigenvalue weighted by Gasteiger charge is 2.24. The van der Waals surface area contributed by atoms with Crippen molar-refractivity contribution in [2.24, 2.45) is 5.73 Å². The summed E-state index contributed by atoms with van der Waals surface area (Å²) in [5.74, 6) is -0.314. The molecule has 4 N–H and O–H groups in total. The Bertz CT molecular complexity index is 1100. The third-order valence-electron chi connectivity index (χ3n) is 5.67. The van der Waals surface area contributed by atoms with Crippen molar-refractivity contribution in [2.45, 2.75) is 64.5 Å². The van der Waals surface area contributed by atoms with E-state index in [-0.39, 0.29) is 26.1 Å². The van der Waals surface area contributed by atoms with Crippen molar-refractivity contribution in [3.05, 3.63) is 59.7 Å². The first-order valence-electron chi connectivity index (χ1n) is 13.4. The minimum atomic E-state index is -4.45. The van der Waals surface area contributed by atoms with Gasteiger partial charge in [0.1, 0.15) is 24.1 Å². The lowest BCUT2D eigenvalue weighted by Gasteiger charge is -2.14. The van der Waals surface area contributed by atoms with Gasteiger partial charge < -0.3 is 29.9 Å². The molecule has 0 bridgehead atoms. The van der Waals surface area contributed by atoms with Gasteiger partial charge in [0.15, 0.2) is 0 Å². The van der Waals surface area contributed by atoms with Crippen molar-refractivity contribution >= 4 is 19.8 Å². The summed E-state index contributed by atoms with van der Waals surface area (Å²) in [6.45, 7) is 2.29. The molecule has 0 aliphatic heterocycles. The van der Waals surface area contributed by atoms with Crippen LogP contribution in [0.15, 0.2) is 48.5 Å². The molecule has 0 saturated carbocycles. The summed E-state index contributed by atoms with van der Waals surface area (Å²) in [6.07, 6.45) is 5.27. The van der Waals surface area contributed by atoms with Crippen LogP contribution in [-0.4, -0.2) is 54.4 Å². The highest BCUT2D eigenvalue weighted by atomic mass is 31.2. The molecular weight excluding hydrogens is 541 g/mol. The summed E-state index contributed by atoms with van der Waals surface area (Å²) in [4.78, 5) is 32.3. The van der Waals surface area contributed by atoms with E-state index >= 15 is 0 Å². The number of carboxylic acids is 1. The molecule has 222 valence electrons. The van der Waals surface area contributed by atoms with Crippen molar-refractivity contribution in [1.29, 1.82) is 0 Å². The van der Waals surface area contributed by atoms with E-state index in [1.165, 1.54) is 12.8 Å². The number of carbonyl (C=O) groups excluding carboxylic acids is 1. The van der Waals surface area contributed by atoms with Crippen LogP contribution in [0.1, 0.15) is 56.6 Å². The van der Waals surface area contributed by atoms with E-state index < -0.39 is 32.4 Å². The Morgan fingerprint density at radius 3 is 2.52 bits per heavy atom. The Balaban J connectivity index is 1.70. The minimum Gasteiger partial charge on any atom is -0.494 e. The second kappa shape index (κ2) is 18.4. The fourth-order valence-electron chi connectivity index (χ4n) is 3.47. The van der Waals surface area contributed by atoms with Crippen LogP contribution in [0, 0.1) is 0 Å². The van der Waals surface area contributed by atoms with Crippen LogP contribution in [0.2, 0.25) is 0 Å². The number of aliphatic carboxylic acids is 1. The van der Waals surface area contributed by atoms with Crippen molar-refractivity contribution in [2.75, 3.05) is 26.4 Å². The number of phosphoric ester groups is 1. The van der Waals surface area contributed by atoms with Crippen LogP contribution in [0.3, 0.4) is 0 Å². The van der Waals surface area contributed by atoms with E-state index in [2.05, 4.69) is 11.4 Å². The van der Waals surface area contributed by atoms with E-state index in [9.17, 15) is 19.0 Å². The molecule has 0 aromatic heterocycles. The van der Waals surface area contributed by atoms with Crippen molar-refractivity contribution in [1.82, 2.24) is 0 Å². The number of unbranched alkanes of at least 4 members (excludes halogenated alkanes) is 3. The number of para-hydroxylation sites is 1. The number of hydrogen-bond acceptors (Lipinski definition) is 9. The van der Waals surface area contributed by atoms with Crippen LogP contribution in [0.25, 0.3) is 0 Å². The van der Waals surface area contributed by atoms with Gasteiger partial charge in [-0.3, -0.25) is 18.6 Å². The van der Waals surface area contributed by atoms with E-state index in [0.29, 0.717) is 25.4 Å². The van der Waals surface area contributed by atoms with Crippen LogP contribution >= 0.6 is 7.82 Å². The number of nitrogens with two attached hydrogens (primary N) is 1. The molecule has 11 nitrogen and oxygen atoms in total. The zero-order chi connectivity index (χ0) is 29.2. The highest BCUT2D eigenvalue weighted by molar-refractivity contribution is 7.47. The molecule has 0 fully saturated rings. The fraction of sp³-hybridized carbons (Fsp3) is 0.500. The first kappa shape index (κ1) is 33.3. The van der Waals surface area contributed by atoms with Gasteiger partial charge >= 0.3 is 19.8 Å². The average Bonchev–Trinajstić information content (AvgIpc) is 2.94. The summed E-state index contributed by atoms with van der Waals surface area (Å²) < 4.78 is 38.0. The van der Waals surface area contributed by atoms with Gasteiger partial charge in [-0.2, -0.15) is 0 Å². The summed E-state index contributed by atoms with van der Waals surface area (Å²) in [5.41, 5.74) is 7.05. The third-order valence-corrected chi connectivity index (χ3v) is 6.66. The molecule has 0 saturated heterocycles. The number of rotatable bonds is 21. The molecule has 12 heteroatoms. The van der Waals surface area contributed by atoms with Gasteiger partial charge in [-0.15, -0.1) is 0 Å². The largest absolute Gasteiger partial charge is 0.494 e. The topological polar surface area (TPSA) is 164 Å². The Morgan fingerprint density at radius 1 is 0.950 bits per heavy atom. The number of ether oxygens (including phenoxy) is 3. The van der Waals surface area contributed by atoms with Gasteiger partial charge in [-0.25, -0.2) is 4.57 Å². The number of hydrogen-bond donors (Lipinski definition) is 3. The number of phosphoric acid groups is 1. The predicted molar refractivity (Wildman–Crippen MR) is 148 cm³/mol. The lowest BCUT2D eigenvalue weighted by molar-refractivity contribution is -0.143. The van der Waals surface area contributed by atoms with Crippen LogP contribution in [0.4, 0.5) is 0 Å². The first-order chi connectivity index (χ1) is 19.2. The van der Waals surface area contributed by atoms with Gasteiger partial charge in [-0.05, 0) is 42.2 Å². The number of carboxylic acid groups (broad SMARTS) is 1. The van der Waals surface area contributed by atoms with Gasteiger partial charge in [0.25, 0.3) is 0 Å². The SMILES string of the molecule is CCCCCCOc1cccc(COc2ccccc2CCC(=O)OCCCOP(=O)(O)OC[C@H](N)C(=O)O)c1. The van der Waals surface area contributed by atoms with Gasteiger partial charge in [-0.1, -0.05) is 56.5 Å². The van der Waals surface area contributed by atoms with Crippen LogP contribution in [0.5, 0.6) is 11.5 Å². The predicted octanol–water partition coefficient (Wildman–Crippen LogP) is 4.64. The molecule has 0 radical (unpaired) electrons. The summed E-state index contributed by atoms with van der Waals surface area (Å²) in [6, 6.07) is 13.8. The molecule has 1 unspecified atom stereocenters. The molecule has 0 spiro atoms. The molecular formula is C28H40NO10P. The van der Waals surface area contributed by atoms with E-state index in [1.54, 1.807) is 0 Å². The van der Waals surface area contributed by atoms with Crippen LogP contribution < -0.4 is 15.2 Å². The lowest BCUT2D eigenvalue weighted by atomic mass is 10.1. The quantitative estimate of drug-likeness (QED) is 0.107. The number of benzene rings is 2. The number of carbonyl (C=O) groups is 2. The second-order valence-corrected chi connectivity index (χ2v) is 10.5. The molecule has 0 aliphatic carbocycles. The smallest absolute Gasteiger partial charge is 0.472 e. The van der Waals surface area contributed by atoms with E-state index in [1.807, 2.05) is 48.5 Å². The molecule has 0 heterocycles. The summed E-state index contributed by atoms with van der Waals surface area (Å²) >= 11 is 0. The minimum absolute atomic E-state index is 0.0252. The Kier molecular flexibility index (Phi) is 15.3. The molecule has 40 heavy (non-hydrogen) atoms. The number of esters is 1. The highest BCUT2D eigenvalue weighted by Crippen LogP contribution is 2.43. The Morgan fingerprint density at radius 2 is 1.75 bits per heavy atom. The number of aryl methyl sites for hydroxylation is 1. The summed E-state index contributed by atoms with van der Waals surface area (Å²) in [7, 11) is -4.45. The van der Waals surface area contributed by atoms with Gasteiger partial charge in [0.05, 0.1) is 26.4 Å². The van der Waals surface area contributed by atoms with E-state index in [0.717, 1.165) is 29.7 Å². The standard InChI is InChI=1S/C28H40NO10P/c1-2-3-4-7-16-35-24-12-8-10-22(19-24)20-37-26-13-6-5-11-23(26)14-15-27(30)36-17-9-18-38-40(33,34)39-21-25(29)28(31)32/h5-6,8,10-13,19,25H,2-4,7,9,14-18,20-21,29H2,1H3,(H,31,32)(H,33,34)/t25-/m0/s1. The Labute approximate surface area is 235 Å². The van der Waals surface area contributed by atoms with Crippen LogP contribution in [-0.2, 0) is 41.0 Å². The zero-order valence-corrected chi connectivity index (χ0v) is 23.8. The fourth-order valence-corrected chi connectivity index (χ4v) is 4.26. The first-order valence-corrected chi connectivity index (χ1v) is 14.9. The van der Waals surface area contributed by atoms with Gasteiger partial charge in [0.2, 0.25) is 0 Å². The zero-order valence-electron chi connectivity index (χ0n) is 22.9. The molecule has 2 rings (SSSR count). The normalized spacial score (nSPS) is 13.3. The summed E-state index contributed by atoms with van der Waals surface area (Å²) in [5, 5.41) is 8.66. The molecule has 2 atom stereocenters. The average molecular weight is 582 g/mol. The molecule has 2 aromatic rings. The monoisotopic (exact) mass is 581 g/mol. The second-order valence-electron chi connectivity index (χ2n) is 9.07. The maximum absolute atomic E-state index is 12.2. The van der Waals surface area contributed by atoms with E-state index in [4.69, 9.17) is 29.6 Å². The lowest BCUT2D eigenvalue weighted by Crippen LogP contribution is -2.34. The van der Waals surface area contributed by atoms with Crippen molar-refractivity contribution < 1.29 is 47.4 Å². The van der Waals surface area contributed by atoms with Gasteiger partial charge in [0, 0.05) is 12.8 Å². The molecule has 0 aliphatic rings. The Hall–Kier alpha value is -2.95. The molecule has 0 amide bonds. The maximum Gasteiger partial charge on any atom is 0.472 e. The maximum atomic E-state index is 12.2. The van der Waals surface area contributed by atoms with Crippen molar-refractivity contribution in [3.8, 4) is 11.5 Å². The molecule has 2 aromatic carbocycles.